The summed E-state index contributed by atoms with van der Waals surface area (Å²) in [5, 5.41) is 15.2. The summed E-state index contributed by atoms with van der Waals surface area (Å²) < 4.78 is 19.8. The van der Waals surface area contributed by atoms with Crippen molar-refractivity contribution in [2.24, 2.45) is 0 Å². The van der Waals surface area contributed by atoms with E-state index >= 15 is 0 Å². The Labute approximate surface area is 202 Å². The van der Waals surface area contributed by atoms with Crippen molar-refractivity contribution in [3.05, 3.63) is 76.8 Å². The van der Waals surface area contributed by atoms with Crippen molar-refractivity contribution < 1.29 is 23.8 Å². The first-order chi connectivity index (χ1) is 16.2. The summed E-state index contributed by atoms with van der Waals surface area (Å²) in [5.74, 6) is -0.350. The molecule has 3 N–H and O–H groups in total. The van der Waals surface area contributed by atoms with Gasteiger partial charge in [0, 0.05) is 17.7 Å². The number of carbonyl (C=O) groups excluding carboxylic acids is 1. The van der Waals surface area contributed by atoms with Gasteiger partial charge in [-0.1, -0.05) is 24.3 Å². The summed E-state index contributed by atoms with van der Waals surface area (Å²) in [7, 11) is 0. The standard InChI is InChI=1S/C26H27FN2O4S/c1-26(2)19(13-22(33-26)23-18-9-8-17(27)12-21(18)29-24(23)30)16-6-4-15(5-7-16)14-28-20(25(31)32)10-11-34-3/h4-9,12-13,20,28H,10-11,14H2,1-3H3,(H,29,30)(H,31,32)/t20-/m0/s1. The van der Waals surface area contributed by atoms with Gasteiger partial charge in [-0.15, -0.1) is 0 Å². The van der Waals surface area contributed by atoms with Gasteiger partial charge in [0.15, 0.2) is 0 Å². The number of nitrogens with one attached hydrogen (secondary N) is 2. The molecule has 2 aromatic rings. The lowest BCUT2D eigenvalue weighted by Crippen LogP contribution is -2.36. The van der Waals surface area contributed by atoms with E-state index in [4.69, 9.17) is 4.74 Å². The van der Waals surface area contributed by atoms with Crippen LogP contribution in [0.15, 0.2) is 54.3 Å². The zero-order valence-corrected chi connectivity index (χ0v) is 20.1. The van der Waals surface area contributed by atoms with E-state index in [1.54, 1.807) is 17.8 Å². The second kappa shape index (κ2) is 9.64. The maximum atomic E-state index is 13.6. The molecule has 0 unspecified atom stereocenters. The summed E-state index contributed by atoms with van der Waals surface area (Å²) in [4.78, 5) is 24.1. The van der Waals surface area contributed by atoms with Crippen LogP contribution in [0.3, 0.4) is 0 Å². The molecule has 0 spiro atoms. The van der Waals surface area contributed by atoms with Crippen LogP contribution in [0.5, 0.6) is 0 Å². The zero-order valence-electron chi connectivity index (χ0n) is 19.3. The van der Waals surface area contributed by atoms with Crippen LogP contribution in [0.25, 0.3) is 11.1 Å². The third-order valence-corrected chi connectivity index (χ3v) is 6.63. The van der Waals surface area contributed by atoms with Crippen LogP contribution in [-0.2, 0) is 20.9 Å². The number of carboxylic acids is 1. The van der Waals surface area contributed by atoms with Gasteiger partial charge in [0.25, 0.3) is 5.91 Å². The molecule has 0 radical (unpaired) electrons. The fraction of sp³-hybridized carbons (Fsp3) is 0.308. The molecule has 0 saturated heterocycles. The Balaban J connectivity index is 1.56. The van der Waals surface area contributed by atoms with Crippen molar-refractivity contribution in [2.75, 3.05) is 17.3 Å². The lowest BCUT2D eigenvalue weighted by molar-refractivity contribution is -0.139. The minimum atomic E-state index is -0.846. The Bertz CT molecular complexity index is 1190. The van der Waals surface area contributed by atoms with Gasteiger partial charge in [-0.2, -0.15) is 11.8 Å². The maximum absolute atomic E-state index is 13.6. The van der Waals surface area contributed by atoms with Crippen molar-refractivity contribution in [1.29, 1.82) is 0 Å². The van der Waals surface area contributed by atoms with Crippen molar-refractivity contribution in [1.82, 2.24) is 5.32 Å². The lowest BCUT2D eigenvalue weighted by Gasteiger charge is -2.23. The number of allylic oxidation sites excluding steroid dienone is 1. The van der Waals surface area contributed by atoms with E-state index in [-0.39, 0.29) is 5.91 Å². The number of rotatable bonds is 8. The highest BCUT2D eigenvalue weighted by atomic mass is 32.2. The highest BCUT2D eigenvalue weighted by molar-refractivity contribution is 7.98. The first-order valence-electron chi connectivity index (χ1n) is 11.0. The summed E-state index contributed by atoms with van der Waals surface area (Å²) >= 11 is 1.62. The van der Waals surface area contributed by atoms with E-state index < -0.39 is 23.4 Å². The summed E-state index contributed by atoms with van der Waals surface area (Å²) in [6.07, 6.45) is 4.39. The first-order valence-corrected chi connectivity index (χ1v) is 12.4. The maximum Gasteiger partial charge on any atom is 0.320 e. The number of anilines is 1. The molecule has 2 aliphatic heterocycles. The van der Waals surface area contributed by atoms with Crippen LogP contribution >= 0.6 is 11.8 Å². The fourth-order valence-electron chi connectivity index (χ4n) is 4.20. The van der Waals surface area contributed by atoms with Gasteiger partial charge in [0.2, 0.25) is 0 Å². The number of carbonyl (C=O) groups is 2. The van der Waals surface area contributed by atoms with Crippen LogP contribution < -0.4 is 10.6 Å². The Morgan fingerprint density at radius 2 is 1.97 bits per heavy atom. The number of aliphatic carboxylic acids is 1. The number of carboxylic acid groups (broad SMARTS) is 1. The van der Waals surface area contributed by atoms with Gasteiger partial charge >= 0.3 is 5.97 Å². The Hall–Kier alpha value is -3.10. The number of amides is 1. The predicted molar refractivity (Wildman–Crippen MR) is 133 cm³/mol. The minimum Gasteiger partial charge on any atom is -0.482 e. The topological polar surface area (TPSA) is 87.7 Å². The second-order valence-electron chi connectivity index (χ2n) is 8.80. The number of hydrogen-bond acceptors (Lipinski definition) is 5. The van der Waals surface area contributed by atoms with Crippen molar-refractivity contribution in [3.63, 3.8) is 0 Å². The number of halogens is 1. The summed E-state index contributed by atoms with van der Waals surface area (Å²) in [6, 6.07) is 11.5. The number of thioether (sulfide) groups is 1. The van der Waals surface area contributed by atoms with E-state index in [2.05, 4.69) is 10.6 Å². The number of fused-ring (bicyclic) bond motifs is 1. The van der Waals surface area contributed by atoms with Gasteiger partial charge in [-0.3, -0.25) is 9.59 Å². The Kier molecular flexibility index (Phi) is 6.81. The molecule has 0 aliphatic carbocycles. The van der Waals surface area contributed by atoms with E-state index in [9.17, 15) is 19.1 Å². The van der Waals surface area contributed by atoms with Crippen molar-refractivity contribution in [2.45, 2.75) is 38.5 Å². The molecule has 6 nitrogen and oxygen atoms in total. The van der Waals surface area contributed by atoms with E-state index in [1.807, 2.05) is 50.4 Å². The number of hydrogen-bond donors (Lipinski definition) is 3. The van der Waals surface area contributed by atoms with Crippen LogP contribution in [0, 0.1) is 5.82 Å². The minimum absolute atomic E-state index is 0.320. The summed E-state index contributed by atoms with van der Waals surface area (Å²) in [6.45, 7) is 4.32. The fourth-order valence-corrected chi connectivity index (χ4v) is 4.67. The summed E-state index contributed by atoms with van der Waals surface area (Å²) in [5.41, 5.74) is 3.61. The molecule has 8 heteroatoms. The molecule has 1 atom stereocenters. The van der Waals surface area contributed by atoms with E-state index in [1.165, 1.54) is 12.1 Å². The lowest BCUT2D eigenvalue weighted by atomic mass is 9.91. The highest BCUT2D eigenvalue weighted by Gasteiger charge is 2.38. The van der Waals surface area contributed by atoms with Gasteiger partial charge in [0.05, 0.1) is 11.3 Å². The number of benzene rings is 2. The molecule has 178 valence electrons. The van der Waals surface area contributed by atoms with E-state index in [0.717, 1.165) is 22.5 Å². The van der Waals surface area contributed by atoms with Gasteiger partial charge in [0.1, 0.15) is 23.2 Å². The van der Waals surface area contributed by atoms with Crippen LogP contribution in [-0.4, -0.2) is 40.6 Å². The Morgan fingerprint density at radius 1 is 1.24 bits per heavy atom. The molecule has 2 aliphatic rings. The second-order valence-corrected chi connectivity index (χ2v) is 9.79. The molecular weight excluding hydrogens is 455 g/mol. The molecule has 34 heavy (non-hydrogen) atoms. The SMILES string of the molecule is CSCC[C@H](NCc1ccc(C2=CC(=C3C(=O)Nc4cc(F)ccc43)OC2(C)C)cc1)C(=O)O. The third kappa shape index (κ3) is 4.88. The number of ether oxygens (including phenoxy) is 1. The molecule has 0 saturated carbocycles. The van der Waals surface area contributed by atoms with E-state index in [0.29, 0.717) is 35.5 Å². The van der Waals surface area contributed by atoms with Gasteiger partial charge < -0.3 is 20.5 Å². The van der Waals surface area contributed by atoms with Crippen LogP contribution in [0.1, 0.15) is 37.0 Å². The molecule has 2 aromatic carbocycles. The molecule has 0 fully saturated rings. The van der Waals surface area contributed by atoms with Gasteiger partial charge in [-0.25, -0.2) is 4.39 Å². The average molecular weight is 483 g/mol. The molecule has 0 bridgehead atoms. The molecule has 4 rings (SSSR count). The Morgan fingerprint density at radius 3 is 2.65 bits per heavy atom. The van der Waals surface area contributed by atoms with Crippen LogP contribution in [0.4, 0.5) is 10.1 Å². The van der Waals surface area contributed by atoms with Crippen molar-refractivity contribution in [3.8, 4) is 0 Å². The normalized spacial score (nSPS) is 19.3. The molecule has 0 aromatic heterocycles. The average Bonchev–Trinajstić information content (AvgIpc) is 3.27. The molecule has 1 amide bonds. The predicted octanol–water partition coefficient (Wildman–Crippen LogP) is 4.68. The van der Waals surface area contributed by atoms with Crippen LogP contribution in [0.2, 0.25) is 0 Å². The largest absolute Gasteiger partial charge is 0.482 e. The quantitative estimate of drug-likeness (QED) is 0.474. The van der Waals surface area contributed by atoms with Crippen molar-refractivity contribution >= 4 is 40.5 Å². The third-order valence-electron chi connectivity index (χ3n) is 5.99. The van der Waals surface area contributed by atoms with Gasteiger partial charge in [-0.05, 0) is 67.7 Å². The molecular formula is C26H27FN2O4S. The highest BCUT2D eigenvalue weighted by Crippen LogP contribution is 2.44. The smallest absolute Gasteiger partial charge is 0.320 e. The first kappa shape index (κ1) is 24.0. The zero-order chi connectivity index (χ0) is 24.5. The monoisotopic (exact) mass is 482 g/mol. The molecule has 2 heterocycles.